The molecule has 16 heavy (non-hydrogen) atoms. The van der Waals surface area contributed by atoms with Gasteiger partial charge in [0.05, 0.1) is 16.7 Å². The predicted molar refractivity (Wildman–Crippen MR) is 65.2 cm³/mol. The first-order valence-electron chi connectivity index (χ1n) is 5.17. The van der Waals surface area contributed by atoms with Crippen molar-refractivity contribution in [3.63, 3.8) is 0 Å². The highest BCUT2D eigenvalue weighted by Gasteiger charge is 2.18. The molecule has 2 aromatic carbocycles. The number of rotatable bonds is 0. The van der Waals surface area contributed by atoms with Crippen LogP contribution in [0.3, 0.4) is 0 Å². The molecular formula is C13H8N2S. The minimum atomic E-state index is 1.07. The quantitative estimate of drug-likeness (QED) is 0.455. The largest absolute Gasteiger partial charge is 0.297 e. The van der Waals surface area contributed by atoms with Gasteiger partial charge in [0, 0.05) is 9.79 Å². The topological polar surface area (TPSA) is 17.8 Å². The summed E-state index contributed by atoms with van der Waals surface area (Å²) in [6.07, 6.45) is 1.91. The Morgan fingerprint density at radius 1 is 0.938 bits per heavy atom. The Bertz CT molecular complexity index is 700. The highest BCUT2D eigenvalue weighted by atomic mass is 32.2. The van der Waals surface area contributed by atoms with Crippen molar-refractivity contribution in [1.29, 1.82) is 0 Å². The Hall–Kier alpha value is -1.74. The van der Waals surface area contributed by atoms with Crippen LogP contribution < -0.4 is 0 Å². The zero-order valence-corrected chi connectivity index (χ0v) is 9.24. The zero-order chi connectivity index (χ0) is 10.5. The molecule has 4 rings (SSSR count). The molecule has 0 radical (unpaired) electrons. The van der Waals surface area contributed by atoms with E-state index in [1.807, 2.05) is 18.1 Å². The first-order valence-corrected chi connectivity index (χ1v) is 5.98. The van der Waals surface area contributed by atoms with E-state index in [0.717, 1.165) is 5.52 Å². The van der Waals surface area contributed by atoms with E-state index < -0.39 is 0 Å². The number of hydrogen-bond donors (Lipinski definition) is 0. The lowest BCUT2D eigenvalue weighted by Gasteiger charge is -2.17. The maximum Gasteiger partial charge on any atom is 0.100 e. The minimum Gasteiger partial charge on any atom is -0.297 e. The molecule has 0 spiro atoms. The van der Waals surface area contributed by atoms with E-state index in [-0.39, 0.29) is 0 Å². The molecule has 0 atom stereocenters. The van der Waals surface area contributed by atoms with E-state index in [9.17, 15) is 0 Å². The molecule has 0 aliphatic carbocycles. The Balaban J connectivity index is 2.21. The van der Waals surface area contributed by atoms with Crippen molar-refractivity contribution in [3.05, 3.63) is 48.8 Å². The summed E-state index contributed by atoms with van der Waals surface area (Å²) in [6, 6.07) is 14.7. The van der Waals surface area contributed by atoms with Crippen LogP contribution in [-0.4, -0.2) is 9.55 Å². The van der Waals surface area contributed by atoms with Crippen molar-refractivity contribution in [2.75, 3.05) is 0 Å². The lowest BCUT2D eigenvalue weighted by molar-refractivity contribution is 1.03. The zero-order valence-electron chi connectivity index (χ0n) is 8.42. The molecule has 0 saturated heterocycles. The molecule has 76 valence electrons. The average molecular weight is 224 g/mol. The van der Waals surface area contributed by atoms with Gasteiger partial charge in [0.1, 0.15) is 6.33 Å². The molecule has 0 unspecified atom stereocenters. The third-order valence-corrected chi connectivity index (χ3v) is 3.99. The molecule has 0 amide bonds. The van der Waals surface area contributed by atoms with Gasteiger partial charge >= 0.3 is 0 Å². The fourth-order valence-electron chi connectivity index (χ4n) is 2.16. The van der Waals surface area contributed by atoms with Crippen LogP contribution in [0.25, 0.3) is 16.7 Å². The average Bonchev–Trinajstić information content (AvgIpc) is 2.76. The van der Waals surface area contributed by atoms with Crippen molar-refractivity contribution in [3.8, 4) is 5.69 Å². The van der Waals surface area contributed by atoms with E-state index in [1.165, 1.54) is 21.0 Å². The van der Waals surface area contributed by atoms with Crippen LogP contribution in [0.4, 0.5) is 0 Å². The highest BCUT2D eigenvalue weighted by molar-refractivity contribution is 7.99. The molecule has 0 fully saturated rings. The summed E-state index contributed by atoms with van der Waals surface area (Å²) in [4.78, 5) is 7.02. The second kappa shape index (κ2) is 2.89. The predicted octanol–water partition coefficient (Wildman–Crippen LogP) is 3.49. The molecule has 3 aromatic rings. The van der Waals surface area contributed by atoms with Crippen molar-refractivity contribution in [2.24, 2.45) is 0 Å². The van der Waals surface area contributed by atoms with E-state index in [4.69, 9.17) is 0 Å². The standard InChI is InChI=1S/C13H8N2S/c1-2-6-11-10(5-1)15-8-14-9-4-3-7-12(16-11)13(9)15/h1-8H. The van der Waals surface area contributed by atoms with E-state index in [0.29, 0.717) is 0 Å². The molecular weight excluding hydrogens is 216 g/mol. The summed E-state index contributed by atoms with van der Waals surface area (Å²) in [5, 5.41) is 0. The number of imidazole rings is 1. The van der Waals surface area contributed by atoms with Gasteiger partial charge in [-0.25, -0.2) is 4.98 Å². The van der Waals surface area contributed by atoms with Crippen molar-refractivity contribution < 1.29 is 0 Å². The van der Waals surface area contributed by atoms with Gasteiger partial charge in [0.25, 0.3) is 0 Å². The van der Waals surface area contributed by atoms with Crippen LogP contribution in [0.1, 0.15) is 0 Å². The molecule has 1 aliphatic rings. The highest BCUT2D eigenvalue weighted by Crippen LogP contribution is 2.41. The molecule has 1 aromatic heterocycles. The molecule has 3 heteroatoms. The maximum absolute atomic E-state index is 4.44. The van der Waals surface area contributed by atoms with Gasteiger partial charge in [-0.15, -0.1) is 0 Å². The number of hydrogen-bond acceptors (Lipinski definition) is 2. The Morgan fingerprint density at radius 2 is 1.81 bits per heavy atom. The van der Waals surface area contributed by atoms with E-state index in [2.05, 4.69) is 52.0 Å². The second-order valence-electron chi connectivity index (χ2n) is 3.81. The van der Waals surface area contributed by atoms with E-state index >= 15 is 0 Å². The van der Waals surface area contributed by atoms with Gasteiger partial charge in [-0.3, -0.25) is 4.57 Å². The van der Waals surface area contributed by atoms with Crippen molar-refractivity contribution in [1.82, 2.24) is 9.55 Å². The Morgan fingerprint density at radius 3 is 2.81 bits per heavy atom. The van der Waals surface area contributed by atoms with Crippen LogP contribution >= 0.6 is 11.8 Å². The summed E-state index contributed by atoms with van der Waals surface area (Å²) in [5.41, 5.74) is 3.53. The molecule has 2 heterocycles. The fourth-order valence-corrected chi connectivity index (χ4v) is 3.26. The molecule has 0 saturated carbocycles. The van der Waals surface area contributed by atoms with Crippen LogP contribution in [0.2, 0.25) is 0 Å². The fraction of sp³-hybridized carbons (Fsp3) is 0. The van der Waals surface area contributed by atoms with Crippen LogP contribution in [0.15, 0.2) is 58.6 Å². The van der Waals surface area contributed by atoms with Crippen molar-refractivity contribution in [2.45, 2.75) is 9.79 Å². The smallest absolute Gasteiger partial charge is 0.100 e. The summed E-state index contributed by atoms with van der Waals surface area (Å²) in [5.74, 6) is 0. The summed E-state index contributed by atoms with van der Waals surface area (Å²) < 4.78 is 2.18. The van der Waals surface area contributed by atoms with Gasteiger partial charge in [-0.2, -0.15) is 0 Å². The molecule has 1 aliphatic heterocycles. The normalized spacial score (nSPS) is 12.8. The number of fused-ring (bicyclic) bond motifs is 2. The second-order valence-corrected chi connectivity index (χ2v) is 4.89. The Labute approximate surface area is 96.9 Å². The van der Waals surface area contributed by atoms with E-state index in [1.54, 1.807) is 0 Å². The molecule has 0 N–H and O–H groups in total. The van der Waals surface area contributed by atoms with Gasteiger partial charge < -0.3 is 0 Å². The first kappa shape index (κ1) is 8.42. The number of para-hydroxylation sites is 2. The molecule has 0 bridgehead atoms. The lowest BCUT2D eigenvalue weighted by atomic mass is 10.2. The van der Waals surface area contributed by atoms with Gasteiger partial charge in [0.15, 0.2) is 0 Å². The molecule has 2 nitrogen and oxygen atoms in total. The summed E-state index contributed by atoms with van der Waals surface area (Å²) in [7, 11) is 0. The van der Waals surface area contributed by atoms with Crippen molar-refractivity contribution >= 4 is 22.8 Å². The SMILES string of the molecule is c1ccc2c(c1)Sc1cccc3ncn-2c13. The first-order chi connectivity index (χ1) is 7.93. The summed E-state index contributed by atoms with van der Waals surface area (Å²) in [6.45, 7) is 0. The van der Waals surface area contributed by atoms with Gasteiger partial charge in [0.2, 0.25) is 0 Å². The minimum absolute atomic E-state index is 1.07. The van der Waals surface area contributed by atoms with Crippen LogP contribution in [0.5, 0.6) is 0 Å². The van der Waals surface area contributed by atoms with Crippen LogP contribution in [0, 0.1) is 0 Å². The third kappa shape index (κ3) is 0.959. The monoisotopic (exact) mass is 224 g/mol. The van der Waals surface area contributed by atoms with Gasteiger partial charge in [-0.1, -0.05) is 30.0 Å². The number of nitrogens with zero attached hydrogens (tertiary/aromatic N) is 2. The summed E-state index contributed by atoms with van der Waals surface area (Å²) >= 11 is 1.82. The number of aromatic nitrogens is 2. The van der Waals surface area contributed by atoms with Gasteiger partial charge in [-0.05, 0) is 24.3 Å². The maximum atomic E-state index is 4.44. The van der Waals surface area contributed by atoms with Crippen LogP contribution in [-0.2, 0) is 0 Å². The lowest BCUT2D eigenvalue weighted by Crippen LogP contribution is -1.99. The number of benzene rings is 2. The third-order valence-electron chi connectivity index (χ3n) is 2.88. The Kier molecular flexibility index (Phi) is 1.52.